The second kappa shape index (κ2) is 5.54. The van der Waals surface area contributed by atoms with Gasteiger partial charge in [0.15, 0.2) is 5.75 Å². The number of rotatable bonds is 2. The van der Waals surface area contributed by atoms with Crippen LogP contribution in [0, 0.1) is 6.92 Å². The Morgan fingerprint density at radius 3 is 2.45 bits per heavy atom. The van der Waals surface area contributed by atoms with Gasteiger partial charge in [0, 0.05) is 11.8 Å². The van der Waals surface area contributed by atoms with E-state index in [2.05, 4.69) is 20.9 Å². The first-order valence-electron chi connectivity index (χ1n) is 5.95. The van der Waals surface area contributed by atoms with Crippen LogP contribution in [0.5, 0.6) is 17.2 Å². The van der Waals surface area contributed by atoms with E-state index >= 15 is 0 Å². The first-order valence-corrected chi connectivity index (χ1v) is 6.74. The lowest BCUT2D eigenvalue weighted by atomic mass is 10.1. The summed E-state index contributed by atoms with van der Waals surface area (Å²) in [4.78, 5) is 4.32. The molecule has 0 fully saturated rings. The van der Waals surface area contributed by atoms with Gasteiger partial charge in [-0.3, -0.25) is 0 Å². The summed E-state index contributed by atoms with van der Waals surface area (Å²) >= 11 is 3.15. The Labute approximate surface area is 125 Å². The lowest BCUT2D eigenvalue weighted by Gasteiger charge is -2.07. The van der Waals surface area contributed by atoms with E-state index in [-0.39, 0.29) is 22.9 Å². The second-order valence-electron chi connectivity index (χ2n) is 4.49. The van der Waals surface area contributed by atoms with Crippen molar-refractivity contribution < 1.29 is 15.3 Å². The Bertz CT molecular complexity index is 696. The van der Waals surface area contributed by atoms with Crippen LogP contribution in [0.2, 0.25) is 0 Å². The number of aliphatic imine (C=N–C) groups is 1. The summed E-state index contributed by atoms with van der Waals surface area (Å²) in [7, 11) is 0. The summed E-state index contributed by atoms with van der Waals surface area (Å²) in [6.07, 6.45) is 0. The average Bonchev–Trinajstić information content (AvgIpc) is 2.38. The number of phenols is 3. The predicted molar refractivity (Wildman–Crippen MR) is 82.2 cm³/mol. The van der Waals surface area contributed by atoms with E-state index in [1.807, 2.05) is 6.07 Å². The Morgan fingerprint density at radius 2 is 1.80 bits per heavy atom. The quantitative estimate of drug-likeness (QED) is 0.573. The summed E-state index contributed by atoms with van der Waals surface area (Å²) in [6.45, 7) is 3.59. The zero-order valence-electron chi connectivity index (χ0n) is 11.1. The molecule has 0 saturated carbocycles. The van der Waals surface area contributed by atoms with E-state index in [1.54, 1.807) is 26.0 Å². The maximum absolute atomic E-state index is 9.91. The van der Waals surface area contributed by atoms with Crippen LogP contribution in [0.25, 0.3) is 0 Å². The summed E-state index contributed by atoms with van der Waals surface area (Å²) in [5.41, 5.74) is 2.53. The number of hydrogen-bond acceptors (Lipinski definition) is 4. The van der Waals surface area contributed by atoms with Gasteiger partial charge < -0.3 is 15.3 Å². The molecular formula is C15H14BrNO3. The van der Waals surface area contributed by atoms with Gasteiger partial charge in [-0.25, -0.2) is 4.99 Å². The molecule has 0 aliphatic rings. The molecule has 2 aromatic carbocycles. The molecular weight excluding hydrogens is 322 g/mol. The SMILES string of the molecule is CC(=Nc1cc(O)cc(Br)c1O)c1ccc(O)c(C)c1. The van der Waals surface area contributed by atoms with Crippen LogP contribution < -0.4 is 0 Å². The van der Waals surface area contributed by atoms with Gasteiger partial charge in [-0.1, -0.05) is 0 Å². The third-order valence-corrected chi connectivity index (χ3v) is 3.54. The number of hydrogen-bond donors (Lipinski definition) is 3. The molecule has 0 amide bonds. The molecule has 4 nitrogen and oxygen atoms in total. The van der Waals surface area contributed by atoms with Crippen molar-refractivity contribution in [2.24, 2.45) is 4.99 Å². The van der Waals surface area contributed by atoms with E-state index in [0.29, 0.717) is 10.2 Å². The summed E-state index contributed by atoms with van der Waals surface area (Å²) < 4.78 is 0.380. The normalized spacial score (nSPS) is 11.7. The number of benzene rings is 2. The minimum atomic E-state index is -0.0300. The first-order chi connectivity index (χ1) is 9.38. The van der Waals surface area contributed by atoms with Gasteiger partial charge in [0.25, 0.3) is 0 Å². The zero-order valence-corrected chi connectivity index (χ0v) is 12.6. The highest BCUT2D eigenvalue weighted by Gasteiger charge is 2.08. The van der Waals surface area contributed by atoms with Gasteiger partial charge >= 0.3 is 0 Å². The highest BCUT2D eigenvalue weighted by molar-refractivity contribution is 9.10. The molecule has 20 heavy (non-hydrogen) atoms. The Hall–Kier alpha value is -2.01. The molecule has 0 aliphatic carbocycles. The third-order valence-electron chi connectivity index (χ3n) is 2.93. The molecule has 0 bridgehead atoms. The molecule has 0 aromatic heterocycles. The molecule has 104 valence electrons. The topological polar surface area (TPSA) is 73.1 Å². The standard InChI is InChI=1S/C15H14BrNO3/c1-8-5-10(3-4-14(8)19)9(2)17-13-7-11(18)6-12(16)15(13)20/h3-7,18-20H,1-2H3. The molecule has 0 atom stereocenters. The molecule has 3 N–H and O–H groups in total. The number of aromatic hydroxyl groups is 3. The molecule has 0 unspecified atom stereocenters. The first kappa shape index (κ1) is 14.4. The van der Waals surface area contributed by atoms with Crippen LogP contribution in [-0.2, 0) is 0 Å². The maximum atomic E-state index is 9.91. The van der Waals surface area contributed by atoms with Gasteiger partial charge in [0.2, 0.25) is 0 Å². The molecule has 0 aliphatic heterocycles. The smallest absolute Gasteiger partial charge is 0.155 e. The van der Waals surface area contributed by atoms with E-state index in [4.69, 9.17) is 0 Å². The Kier molecular flexibility index (Phi) is 3.99. The van der Waals surface area contributed by atoms with Gasteiger partial charge in [-0.15, -0.1) is 0 Å². The molecule has 0 spiro atoms. The molecule has 2 rings (SSSR count). The highest BCUT2D eigenvalue weighted by atomic mass is 79.9. The van der Waals surface area contributed by atoms with E-state index in [1.165, 1.54) is 12.1 Å². The fourth-order valence-corrected chi connectivity index (χ4v) is 2.22. The van der Waals surface area contributed by atoms with E-state index in [9.17, 15) is 15.3 Å². The van der Waals surface area contributed by atoms with Crippen LogP contribution in [0.3, 0.4) is 0 Å². The van der Waals surface area contributed by atoms with Gasteiger partial charge in [-0.05, 0) is 65.2 Å². The Morgan fingerprint density at radius 1 is 1.10 bits per heavy atom. The van der Waals surface area contributed by atoms with Gasteiger partial charge in [-0.2, -0.15) is 0 Å². The molecule has 2 aromatic rings. The monoisotopic (exact) mass is 335 g/mol. The second-order valence-corrected chi connectivity index (χ2v) is 5.35. The van der Waals surface area contributed by atoms with E-state index in [0.717, 1.165) is 11.1 Å². The third kappa shape index (κ3) is 2.93. The zero-order chi connectivity index (χ0) is 14.9. The van der Waals surface area contributed by atoms with Crippen LogP contribution in [0.15, 0.2) is 39.8 Å². The summed E-state index contributed by atoms with van der Waals surface area (Å²) in [5, 5.41) is 29.0. The van der Waals surface area contributed by atoms with Crippen molar-refractivity contribution >= 4 is 27.3 Å². The molecule has 0 heterocycles. The minimum Gasteiger partial charge on any atom is -0.508 e. The van der Waals surface area contributed by atoms with Crippen molar-refractivity contribution in [3.8, 4) is 17.2 Å². The van der Waals surface area contributed by atoms with Crippen LogP contribution in [-0.4, -0.2) is 21.0 Å². The van der Waals surface area contributed by atoms with Crippen LogP contribution in [0.1, 0.15) is 18.1 Å². The number of aryl methyl sites for hydroxylation is 1. The van der Waals surface area contributed by atoms with Crippen molar-refractivity contribution in [3.05, 3.63) is 45.9 Å². The number of phenolic OH excluding ortho intramolecular Hbond substituents is 3. The number of halogens is 1. The van der Waals surface area contributed by atoms with Crippen molar-refractivity contribution in [1.29, 1.82) is 0 Å². The summed E-state index contributed by atoms with van der Waals surface area (Å²) in [5.74, 6) is 0.213. The predicted octanol–water partition coefficient (Wildman–Crippen LogP) is 4.02. The van der Waals surface area contributed by atoms with Crippen molar-refractivity contribution in [1.82, 2.24) is 0 Å². The molecule has 0 radical (unpaired) electrons. The highest BCUT2D eigenvalue weighted by Crippen LogP contribution is 2.38. The van der Waals surface area contributed by atoms with Gasteiger partial charge in [0.1, 0.15) is 17.2 Å². The lowest BCUT2D eigenvalue weighted by Crippen LogP contribution is -1.94. The number of nitrogens with zero attached hydrogens (tertiary/aromatic N) is 1. The lowest BCUT2D eigenvalue weighted by molar-refractivity contribution is 0.459. The van der Waals surface area contributed by atoms with Crippen LogP contribution in [0.4, 0.5) is 5.69 Å². The van der Waals surface area contributed by atoms with Gasteiger partial charge in [0.05, 0.1) is 4.47 Å². The fraction of sp³-hybridized carbons (Fsp3) is 0.133. The van der Waals surface area contributed by atoms with E-state index < -0.39 is 0 Å². The average molecular weight is 336 g/mol. The Balaban J connectivity index is 2.47. The van der Waals surface area contributed by atoms with Crippen LogP contribution >= 0.6 is 15.9 Å². The molecule has 0 saturated heterocycles. The maximum Gasteiger partial charge on any atom is 0.155 e. The largest absolute Gasteiger partial charge is 0.508 e. The fourth-order valence-electron chi connectivity index (χ4n) is 1.78. The van der Waals surface area contributed by atoms with Crippen molar-refractivity contribution in [2.45, 2.75) is 13.8 Å². The van der Waals surface area contributed by atoms with Crippen molar-refractivity contribution in [2.75, 3.05) is 0 Å². The minimum absolute atomic E-state index is 0.0168. The molecule has 5 heteroatoms. The van der Waals surface area contributed by atoms with Crippen molar-refractivity contribution in [3.63, 3.8) is 0 Å². The summed E-state index contributed by atoms with van der Waals surface area (Å²) in [6, 6.07) is 7.94.